The van der Waals surface area contributed by atoms with E-state index in [0.29, 0.717) is 11.3 Å². The third-order valence-corrected chi connectivity index (χ3v) is 2.98. The highest BCUT2D eigenvalue weighted by Gasteiger charge is 2.13. The maximum atomic E-state index is 13.3. The largest absolute Gasteiger partial charge is 0.394 e. The molecule has 0 heterocycles. The number of nitrogens with one attached hydrogen (secondary N) is 1. The molecule has 0 aliphatic rings. The zero-order chi connectivity index (χ0) is 13.8. The number of aliphatic hydroxyl groups excluding tert-OH is 1. The van der Waals surface area contributed by atoms with Crippen LogP contribution >= 0.6 is 0 Å². The molecule has 2 rings (SSSR count). The molecule has 2 aromatic rings. The van der Waals surface area contributed by atoms with E-state index < -0.39 is 6.04 Å². The minimum atomic E-state index is -0.429. The Balaban J connectivity index is 2.24. The number of rotatable bonds is 4. The summed E-state index contributed by atoms with van der Waals surface area (Å²) in [7, 11) is 0. The molecule has 2 aromatic carbocycles. The summed E-state index contributed by atoms with van der Waals surface area (Å²) in [5, 5.41) is 12.5. The summed E-state index contributed by atoms with van der Waals surface area (Å²) >= 11 is 0. The number of aryl methyl sites for hydroxylation is 1. The molecule has 0 saturated carbocycles. The van der Waals surface area contributed by atoms with E-state index in [9.17, 15) is 13.9 Å². The summed E-state index contributed by atoms with van der Waals surface area (Å²) in [5.41, 5.74) is 2.24. The Morgan fingerprint density at radius 3 is 2.32 bits per heavy atom. The molecular weight excluding hydrogens is 248 g/mol. The van der Waals surface area contributed by atoms with Crippen LogP contribution in [0.15, 0.2) is 42.5 Å². The molecule has 0 spiro atoms. The summed E-state index contributed by atoms with van der Waals surface area (Å²) in [6.45, 7) is 1.67. The molecule has 0 aliphatic heterocycles. The van der Waals surface area contributed by atoms with Crippen molar-refractivity contribution in [3.8, 4) is 0 Å². The van der Waals surface area contributed by atoms with Crippen molar-refractivity contribution in [3.05, 3.63) is 65.2 Å². The fourth-order valence-electron chi connectivity index (χ4n) is 1.96. The molecule has 0 aromatic heterocycles. The standard InChI is InChI=1S/C15H15F2NO/c1-10-2-3-12(17)8-14(10)15(9-19)18-13-6-4-11(16)5-7-13/h2-8,15,18-19H,9H2,1H3. The SMILES string of the molecule is Cc1ccc(F)cc1C(CO)Nc1ccc(F)cc1. The van der Waals surface area contributed by atoms with Gasteiger partial charge >= 0.3 is 0 Å². The summed E-state index contributed by atoms with van der Waals surface area (Å²) in [4.78, 5) is 0. The lowest BCUT2D eigenvalue weighted by Gasteiger charge is -2.20. The van der Waals surface area contributed by atoms with E-state index >= 15 is 0 Å². The topological polar surface area (TPSA) is 32.3 Å². The third kappa shape index (κ3) is 3.29. The van der Waals surface area contributed by atoms with Crippen molar-refractivity contribution in [3.63, 3.8) is 0 Å². The predicted octanol–water partition coefficient (Wildman–Crippen LogP) is 3.42. The highest BCUT2D eigenvalue weighted by Crippen LogP contribution is 2.23. The van der Waals surface area contributed by atoms with Crippen LogP contribution in [0.4, 0.5) is 14.5 Å². The lowest BCUT2D eigenvalue weighted by Crippen LogP contribution is -2.16. The predicted molar refractivity (Wildman–Crippen MR) is 71.0 cm³/mol. The van der Waals surface area contributed by atoms with Gasteiger partial charge in [0.15, 0.2) is 0 Å². The number of halogens is 2. The summed E-state index contributed by atoms with van der Waals surface area (Å²) in [6, 6.07) is 9.82. The summed E-state index contributed by atoms with van der Waals surface area (Å²) in [6.07, 6.45) is 0. The van der Waals surface area contributed by atoms with Crippen molar-refractivity contribution in [2.45, 2.75) is 13.0 Å². The molecular formula is C15H15F2NO. The molecule has 2 nitrogen and oxygen atoms in total. The molecule has 0 amide bonds. The smallest absolute Gasteiger partial charge is 0.123 e. The van der Waals surface area contributed by atoms with Crippen LogP contribution in [-0.2, 0) is 0 Å². The Kier molecular flexibility index (Phi) is 4.12. The van der Waals surface area contributed by atoms with E-state index in [0.717, 1.165) is 5.56 Å². The number of anilines is 1. The first kappa shape index (κ1) is 13.5. The van der Waals surface area contributed by atoms with Gasteiger partial charge in [-0.2, -0.15) is 0 Å². The molecule has 0 bridgehead atoms. The maximum absolute atomic E-state index is 13.3. The van der Waals surface area contributed by atoms with Gasteiger partial charge in [0.05, 0.1) is 12.6 Å². The van der Waals surface area contributed by atoms with Crippen molar-refractivity contribution in [1.82, 2.24) is 0 Å². The molecule has 1 unspecified atom stereocenters. The van der Waals surface area contributed by atoms with Crippen molar-refractivity contribution in [1.29, 1.82) is 0 Å². The molecule has 0 fully saturated rings. The van der Waals surface area contributed by atoms with Gasteiger partial charge in [-0.1, -0.05) is 6.07 Å². The lowest BCUT2D eigenvalue weighted by molar-refractivity contribution is 0.276. The maximum Gasteiger partial charge on any atom is 0.123 e. The van der Waals surface area contributed by atoms with E-state index in [4.69, 9.17) is 0 Å². The molecule has 1 atom stereocenters. The number of aliphatic hydroxyl groups is 1. The zero-order valence-corrected chi connectivity index (χ0v) is 10.5. The van der Waals surface area contributed by atoms with Crippen molar-refractivity contribution in [2.24, 2.45) is 0 Å². The van der Waals surface area contributed by atoms with Crippen molar-refractivity contribution < 1.29 is 13.9 Å². The van der Waals surface area contributed by atoms with Gasteiger partial charge in [-0.05, 0) is 54.4 Å². The lowest BCUT2D eigenvalue weighted by atomic mass is 10.0. The molecule has 100 valence electrons. The molecule has 2 N–H and O–H groups in total. The highest BCUT2D eigenvalue weighted by atomic mass is 19.1. The van der Waals surface area contributed by atoms with Gasteiger partial charge in [0, 0.05) is 5.69 Å². The van der Waals surface area contributed by atoms with Gasteiger partial charge in [0.25, 0.3) is 0 Å². The van der Waals surface area contributed by atoms with Crippen molar-refractivity contribution in [2.75, 3.05) is 11.9 Å². The number of benzene rings is 2. The monoisotopic (exact) mass is 263 g/mol. The minimum absolute atomic E-state index is 0.179. The number of hydrogen-bond donors (Lipinski definition) is 2. The van der Waals surface area contributed by atoms with Crippen molar-refractivity contribution >= 4 is 5.69 Å². The average molecular weight is 263 g/mol. The second-order valence-corrected chi connectivity index (χ2v) is 4.39. The Morgan fingerprint density at radius 1 is 1.05 bits per heavy atom. The normalized spacial score (nSPS) is 12.2. The Hall–Kier alpha value is -1.94. The van der Waals surface area contributed by atoms with Crippen LogP contribution < -0.4 is 5.32 Å². The molecule has 4 heteroatoms. The average Bonchev–Trinajstić information content (AvgIpc) is 2.41. The zero-order valence-electron chi connectivity index (χ0n) is 10.5. The van der Waals surface area contributed by atoms with Gasteiger partial charge < -0.3 is 10.4 Å². The van der Waals surface area contributed by atoms with Crippen LogP contribution in [0, 0.1) is 18.6 Å². The van der Waals surface area contributed by atoms with E-state index in [1.165, 1.54) is 24.3 Å². The van der Waals surface area contributed by atoms with Crippen LogP contribution in [0.25, 0.3) is 0 Å². The van der Waals surface area contributed by atoms with Gasteiger partial charge in [-0.3, -0.25) is 0 Å². The van der Waals surface area contributed by atoms with Gasteiger partial charge in [-0.25, -0.2) is 8.78 Å². The van der Waals surface area contributed by atoms with E-state index in [1.807, 2.05) is 6.92 Å². The van der Waals surface area contributed by atoms with Crippen LogP contribution in [0.5, 0.6) is 0 Å². The third-order valence-electron chi connectivity index (χ3n) is 2.98. The van der Waals surface area contributed by atoms with E-state index in [1.54, 1.807) is 18.2 Å². The van der Waals surface area contributed by atoms with E-state index in [2.05, 4.69) is 5.32 Å². The van der Waals surface area contributed by atoms with Crippen LogP contribution in [-0.4, -0.2) is 11.7 Å². The Labute approximate surface area is 110 Å². The van der Waals surface area contributed by atoms with Gasteiger partial charge in [-0.15, -0.1) is 0 Å². The fourth-order valence-corrected chi connectivity index (χ4v) is 1.96. The first-order valence-electron chi connectivity index (χ1n) is 5.99. The Bertz CT molecular complexity index is 555. The Morgan fingerprint density at radius 2 is 1.68 bits per heavy atom. The molecule has 0 radical (unpaired) electrons. The van der Waals surface area contributed by atoms with Gasteiger partial charge in [0.1, 0.15) is 11.6 Å². The second kappa shape index (κ2) is 5.80. The number of hydrogen-bond acceptors (Lipinski definition) is 2. The summed E-state index contributed by atoms with van der Waals surface area (Å²) < 4.78 is 26.1. The van der Waals surface area contributed by atoms with Crippen LogP contribution in [0.2, 0.25) is 0 Å². The molecule has 0 saturated heterocycles. The minimum Gasteiger partial charge on any atom is -0.394 e. The first-order chi connectivity index (χ1) is 9.10. The summed E-state index contributed by atoms with van der Waals surface area (Å²) in [5.74, 6) is -0.673. The van der Waals surface area contributed by atoms with Crippen LogP contribution in [0.3, 0.4) is 0 Å². The first-order valence-corrected chi connectivity index (χ1v) is 5.99. The second-order valence-electron chi connectivity index (χ2n) is 4.39. The van der Waals surface area contributed by atoms with Gasteiger partial charge in [0.2, 0.25) is 0 Å². The molecule has 0 aliphatic carbocycles. The van der Waals surface area contributed by atoms with E-state index in [-0.39, 0.29) is 18.2 Å². The van der Waals surface area contributed by atoms with Crippen LogP contribution in [0.1, 0.15) is 17.2 Å². The quantitative estimate of drug-likeness (QED) is 0.886. The fraction of sp³-hybridized carbons (Fsp3) is 0.200. The molecule has 19 heavy (non-hydrogen) atoms. The highest BCUT2D eigenvalue weighted by molar-refractivity contribution is 5.46.